The van der Waals surface area contributed by atoms with E-state index in [1.54, 1.807) is 18.2 Å². The minimum absolute atomic E-state index is 0.0719. The van der Waals surface area contributed by atoms with Crippen molar-refractivity contribution < 1.29 is 4.79 Å². The number of carbonyl (C=O) groups excluding carboxylic acids is 1. The van der Waals surface area contributed by atoms with E-state index in [0.717, 1.165) is 25.7 Å². The number of fused-ring (bicyclic) bond motifs is 2. The van der Waals surface area contributed by atoms with Crippen LogP contribution < -0.4 is 11.1 Å². The molecule has 0 aliphatic carbocycles. The van der Waals surface area contributed by atoms with Crippen LogP contribution in [0.2, 0.25) is 10.0 Å². The van der Waals surface area contributed by atoms with Gasteiger partial charge in [0.05, 0.1) is 22.3 Å². The summed E-state index contributed by atoms with van der Waals surface area (Å²) >= 11 is 12.2. The highest BCUT2D eigenvalue weighted by atomic mass is 35.5. The molecule has 2 fully saturated rings. The van der Waals surface area contributed by atoms with Crippen LogP contribution in [0.3, 0.4) is 0 Å². The van der Waals surface area contributed by atoms with Crippen molar-refractivity contribution in [2.45, 2.75) is 43.8 Å². The van der Waals surface area contributed by atoms with Crippen molar-refractivity contribution >= 4 is 34.8 Å². The Kier molecular flexibility index (Phi) is 4.41. The molecule has 0 spiro atoms. The number of nitrogens with one attached hydrogen (secondary N) is 1. The number of piperidine rings is 1. The molecule has 1 amide bonds. The van der Waals surface area contributed by atoms with Crippen molar-refractivity contribution in [3.05, 3.63) is 28.2 Å². The van der Waals surface area contributed by atoms with Crippen LogP contribution in [0.15, 0.2) is 18.2 Å². The molecular weight excluding hydrogens is 309 g/mol. The summed E-state index contributed by atoms with van der Waals surface area (Å²) < 4.78 is 0. The SMILES string of the molecule is NC1CC2CCC(C1)N2CC(=O)Nc1c(Cl)cccc1Cl. The summed E-state index contributed by atoms with van der Waals surface area (Å²) in [5.41, 5.74) is 6.54. The van der Waals surface area contributed by atoms with Crippen LogP contribution in [0, 0.1) is 0 Å². The second-order valence-electron chi connectivity index (χ2n) is 5.93. The fraction of sp³-hybridized carbons (Fsp3) is 0.533. The van der Waals surface area contributed by atoms with E-state index in [2.05, 4.69) is 10.2 Å². The average Bonchev–Trinajstić information content (AvgIpc) is 2.67. The Hall–Kier alpha value is -0.810. The van der Waals surface area contributed by atoms with Crippen molar-refractivity contribution in [3.63, 3.8) is 0 Å². The van der Waals surface area contributed by atoms with Crippen LogP contribution in [0.1, 0.15) is 25.7 Å². The van der Waals surface area contributed by atoms with Gasteiger partial charge in [0.1, 0.15) is 0 Å². The number of anilines is 1. The largest absolute Gasteiger partial charge is 0.328 e. The molecule has 0 radical (unpaired) electrons. The van der Waals surface area contributed by atoms with Gasteiger partial charge in [-0.25, -0.2) is 0 Å². The van der Waals surface area contributed by atoms with Gasteiger partial charge in [-0.2, -0.15) is 0 Å². The first-order valence-electron chi connectivity index (χ1n) is 7.30. The van der Waals surface area contributed by atoms with Crippen LogP contribution in [-0.2, 0) is 4.79 Å². The zero-order valence-electron chi connectivity index (χ0n) is 11.7. The van der Waals surface area contributed by atoms with E-state index in [0.29, 0.717) is 34.4 Å². The monoisotopic (exact) mass is 327 g/mol. The van der Waals surface area contributed by atoms with E-state index in [1.807, 2.05) is 0 Å². The highest BCUT2D eigenvalue weighted by Gasteiger charge is 2.40. The molecule has 1 aromatic rings. The Morgan fingerprint density at radius 3 is 2.38 bits per heavy atom. The number of nitrogens with two attached hydrogens (primary N) is 1. The van der Waals surface area contributed by atoms with Crippen LogP contribution in [0.4, 0.5) is 5.69 Å². The lowest BCUT2D eigenvalue weighted by Gasteiger charge is -2.37. The molecule has 2 aliphatic rings. The Bertz CT molecular complexity index is 517. The number of benzene rings is 1. The lowest BCUT2D eigenvalue weighted by molar-refractivity contribution is -0.118. The number of amides is 1. The van der Waals surface area contributed by atoms with Gasteiger partial charge in [0.25, 0.3) is 0 Å². The molecule has 6 heteroatoms. The molecule has 3 rings (SSSR count). The van der Waals surface area contributed by atoms with E-state index in [1.165, 1.54) is 0 Å². The van der Waals surface area contributed by atoms with Crippen molar-refractivity contribution in [1.82, 2.24) is 4.90 Å². The van der Waals surface area contributed by atoms with Crippen LogP contribution in [0.5, 0.6) is 0 Å². The molecule has 2 bridgehead atoms. The fourth-order valence-corrected chi connectivity index (χ4v) is 4.03. The molecule has 114 valence electrons. The van der Waals surface area contributed by atoms with E-state index < -0.39 is 0 Å². The second kappa shape index (κ2) is 6.13. The highest BCUT2D eigenvalue weighted by molar-refractivity contribution is 6.39. The summed E-state index contributed by atoms with van der Waals surface area (Å²) in [5, 5.41) is 3.75. The van der Waals surface area contributed by atoms with Gasteiger partial charge in [-0.3, -0.25) is 9.69 Å². The average molecular weight is 328 g/mol. The van der Waals surface area contributed by atoms with Gasteiger partial charge < -0.3 is 11.1 Å². The summed E-state index contributed by atoms with van der Waals surface area (Å²) in [6, 6.07) is 6.34. The van der Waals surface area contributed by atoms with Gasteiger partial charge in [-0.15, -0.1) is 0 Å². The number of para-hydroxylation sites is 1. The first-order chi connectivity index (χ1) is 10.0. The van der Waals surface area contributed by atoms with Crippen LogP contribution in [0.25, 0.3) is 0 Å². The topological polar surface area (TPSA) is 58.4 Å². The van der Waals surface area contributed by atoms with Gasteiger partial charge in [-0.1, -0.05) is 29.3 Å². The van der Waals surface area contributed by atoms with Gasteiger partial charge in [-0.05, 0) is 37.8 Å². The molecule has 3 N–H and O–H groups in total. The predicted octanol–water partition coefficient (Wildman–Crippen LogP) is 2.89. The summed E-state index contributed by atoms with van der Waals surface area (Å²) in [7, 11) is 0. The van der Waals surface area contributed by atoms with Gasteiger partial charge >= 0.3 is 0 Å². The third kappa shape index (κ3) is 3.19. The summed E-state index contributed by atoms with van der Waals surface area (Å²) in [6.07, 6.45) is 4.24. The van der Waals surface area contributed by atoms with E-state index in [9.17, 15) is 4.79 Å². The summed E-state index contributed by atoms with van der Waals surface area (Å²) in [6.45, 7) is 0.379. The molecule has 4 nitrogen and oxygen atoms in total. The Balaban J connectivity index is 1.65. The minimum atomic E-state index is -0.0719. The van der Waals surface area contributed by atoms with Crippen molar-refractivity contribution in [3.8, 4) is 0 Å². The smallest absolute Gasteiger partial charge is 0.238 e. The Morgan fingerprint density at radius 2 is 1.81 bits per heavy atom. The van der Waals surface area contributed by atoms with Gasteiger partial charge in [0.2, 0.25) is 5.91 Å². The second-order valence-corrected chi connectivity index (χ2v) is 6.75. The molecule has 2 atom stereocenters. The predicted molar refractivity (Wildman–Crippen MR) is 85.8 cm³/mol. The van der Waals surface area contributed by atoms with E-state index in [4.69, 9.17) is 28.9 Å². The highest BCUT2D eigenvalue weighted by Crippen LogP contribution is 2.35. The van der Waals surface area contributed by atoms with Crippen molar-refractivity contribution in [2.75, 3.05) is 11.9 Å². The number of halogens is 2. The quantitative estimate of drug-likeness (QED) is 0.897. The maximum Gasteiger partial charge on any atom is 0.238 e. The lowest BCUT2D eigenvalue weighted by atomic mass is 9.98. The molecule has 21 heavy (non-hydrogen) atoms. The number of carbonyl (C=O) groups is 1. The number of hydrogen-bond donors (Lipinski definition) is 2. The van der Waals surface area contributed by atoms with Crippen LogP contribution >= 0.6 is 23.2 Å². The Labute approximate surface area is 134 Å². The molecule has 2 heterocycles. The molecule has 2 unspecified atom stereocenters. The van der Waals surface area contributed by atoms with E-state index >= 15 is 0 Å². The zero-order chi connectivity index (χ0) is 15.0. The van der Waals surface area contributed by atoms with Gasteiger partial charge in [0, 0.05) is 18.1 Å². The number of hydrogen-bond acceptors (Lipinski definition) is 3. The molecule has 1 aromatic carbocycles. The lowest BCUT2D eigenvalue weighted by Crippen LogP contribution is -2.49. The standard InChI is InChI=1S/C15H19Cl2N3O/c16-12-2-1-3-13(17)15(12)19-14(21)8-20-10-4-5-11(20)7-9(18)6-10/h1-3,9-11H,4-8,18H2,(H,19,21). The first-order valence-corrected chi connectivity index (χ1v) is 8.05. The Morgan fingerprint density at radius 1 is 1.24 bits per heavy atom. The van der Waals surface area contributed by atoms with E-state index in [-0.39, 0.29) is 11.9 Å². The normalized spacial score (nSPS) is 28.6. The molecular formula is C15H19Cl2N3O. The molecule has 2 aliphatic heterocycles. The third-order valence-corrected chi connectivity index (χ3v) is 5.10. The van der Waals surface area contributed by atoms with Gasteiger partial charge in [0.15, 0.2) is 0 Å². The summed E-state index contributed by atoms with van der Waals surface area (Å²) in [4.78, 5) is 14.6. The fourth-order valence-electron chi connectivity index (χ4n) is 3.54. The third-order valence-electron chi connectivity index (χ3n) is 4.47. The summed E-state index contributed by atoms with van der Waals surface area (Å²) in [5.74, 6) is -0.0719. The minimum Gasteiger partial charge on any atom is -0.328 e. The molecule has 0 saturated carbocycles. The van der Waals surface area contributed by atoms with Crippen LogP contribution in [-0.4, -0.2) is 35.5 Å². The number of rotatable bonds is 3. The maximum atomic E-state index is 12.3. The number of nitrogens with zero attached hydrogens (tertiary/aromatic N) is 1. The van der Waals surface area contributed by atoms with Crippen molar-refractivity contribution in [2.24, 2.45) is 5.73 Å². The zero-order valence-corrected chi connectivity index (χ0v) is 13.2. The van der Waals surface area contributed by atoms with Crippen molar-refractivity contribution in [1.29, 1.82) is 0 Å². The first kappa shape index (κ1) is 15.1. The molecule has 0 aromatic heterocycles. The molecule has 2 saturated heterocycles. The maximum absolute atomic E-state index is 12.3.